The van der Waals surface area contributed by atoms with Gasteiger partial charge in [0, 0.05) is 19.1 Å². The predicted octanol–water partition coefficient (Wildman–Crippen LogP) is 2.58. The van der Waals surface area contributed by atoms with Crippen molar-refractivity contribution in [2.24, 2.45) is 16.8 Å². The number of rotatable bonds is 3. The lowest BCUT2D eigenvalue weighted by atomic mass is 9.89. The Kier molecular flexibility index (Phi) is 4.36. The minimum absolute atomic E-state index is 0.111. The van der Waals surface area contributed by atoms with Crippen LogP contribution in [0.4, 0.5) is 0 Å². The lowest BCUT2D eigenvalue weighted by Crippen LogP contribution is -2.40. The van der Waals surface area contributed by atoms with Crippen molar-refractivity contribution >= 4 is 22.8 Å². The number of carbonyl (C=O) groups is 1. The summed E-state index contributed by atoms with van der Waals surface area (Å²) in [5, 5.41) is 3.81. The van der Waals surface area contributed by atoms with Gasteiger partial charge in [-0.2, -0.15) is 0 Å². The average Bonchev–Trinajstić information content (AvgIpc) is 3.08. The lowest BCUT2D eigenvalue weighted by molar-refractivity contribution is -0.122. The molecule has 1 unspecified atom stereocenters. The standard InChI is InChI=1S/C15H24N2O2S/c1-15(12-7-8-19-10-12)13(18)17-14(20-15)16-9-11-5-3-2-4-6-11/h11-12H,2-10H2,1H3,(H,16,17,18)/t12-,15?/m0/s1. The van der Waals surface area contributed by atoms with E-state index in [1.165, 1.54) is 32.1 Å². The third kappa shape index (κ3) is 2.89. The van der Waals surface area contributed by atoms with Crippen LogP contribution in [0.2, 0.25) is 0 Å². The van der Waals surface area contributed by atoms with Gasteiger partial charge in [-0.15, -0.1) is 0 Å². The molecular weight excluding hydrogens is 272 g/mol. The zero-order chi connectivity index (χ0) is 14.0. The smallest absolute Gasteiger partial charge is 0.242 e. The Morgan fingerprint density at radius 1 is 1.35 bits per heavy atom. The molecule has 1 saturated carbocycles. The zero-order valence-electron chi connectivity index (χ0n) is 12.2. The van der Waals surface area contributed by atoms with Crippen LogP contribution in [0.3, 0.4) is 0 Å². The molecule has 2 saturated heterocycles. The van der Waals surface area contributed by atoms with E-state index in [-0.39, 0.29) is 10.7 Å². The number of amides is 1. The number of thioether (sulfide) groups is 1. The molecule has 20 heavy (non-hydrogen) atoms. The van der Waals surface area contributed by atoms with Crippen LogP contribution < -0.4 is 5.32 Å². The van der Waals surface area contributed by atoms with E-state index in [1.54, 1.807) is 11.8 Å². The van der Waals surface area contributed by atoms with E-state index in [4.69, 9.17) is 4.74 Å². The second-order valence-corrected chi connectivity index (χ2v) is 7.81. The SMILES string of the molecule is CC1([C@H]2CCOC2)SC(=NCC2CCCCC2)NC1=O. The first kappa shape index (κ1) is 14.4. The minimum atomic E-state index is -0.387. The van der Waals surface area contributed by atoms with Crippen LogP contribution in [0.5, 0.6) is 0 Å². The van der Waals surface area contributed by atoms with Crippen molar-refractivity contribution in [2.75, 3.05) is 19.8 Å². The topological polar surface area (TPSA) is 50.7 Å². The van der Waals surface area contributed by atoms with Gasteiger partial charge in [0.05, 0.1) is 6.61 Å². The van der Waals surface area contributed by atoms with Crippen LogP contribution in [0.15, 0.2) is 4.99 Å². The Hall–Kier alpha value is -0.550. The van der Waals surface area contributed by atoms with Crippen molar-refractivity contribution in [1.82, 2.24) is 5.32 Å². The van der Waals surface area contributed by atoms with Gasteiger partial charge in [0.1, 0.15) is 4.75 Å². The summed E-state index contributed by atoms with van der Waals surface area (Å²) >= 11 is 1.62. The van der Waals surface area contributed by atoms with E-state index in [0.29, 0.717) is 12.5 Å². The summed E-state index contributed by atoms with van der Waals surface area (Å²) in [7, 11) is 0. The van der Waals surface area contributed by atoms with Gasteiger partial charge in [0.15, 0.2) is 5.17 Å². The normalized spacial score (nSPS) is 37.5. The Labute approximate surface area is 125 Å². The summed E-state index contributed by atoms with van der Waals surface area (Å²) in [5.41, 5.74) is 0. The van der Waals surface area contributed by atoms with Crippen molar-refractivity contribution < 1.29 is 9.53 Å². The van der Waals surface area contributed by atoms with E-state index in [1.807, 2.05) is 6.92 Å². The van der Waals surface area contributed by atoms with Crippen LogP contribution in [0, 0.1) is 11.8 Å². The van der Waals surface area contributed by atoms with Crippen LogP contribution in [0.1, 0.15) is 45.4 Å². The van der Waals surface area contributed by atoms with Crippen LogP contribution in [-0.4, -0.2) is 35.6 Å². The van der Waals surface area contributed by atoms with Crippen LogP contribution in [-0.2, 0) is 9.53 Å². The molecule has 4 nitrogen and oxygen atoms in total. The fourth-order valence-corrected chi connectivity index (χ4v) is 4.57. The van der Waals surface area contributed by atoms with Crippen molar-refractivity contribution in [1.29, 1.82) is 0 Å². The van der Waals surface area contributed by atoms with Gasteiger partial charge in [0.2, 0.25) is 5.91 Å². The Balaban J connectivity index is 1.60. The average molecular weight is 296 g/mol. The Bertz CT molecular complexity index is 401. The molecule has 3 rings (SSSR count). The lowest BCUT2D eigenvalue weighted by Gasteiger charge is -2.24. The molecule has 5 heteroatoms. The zero-order valence-corrected chi connectivity index (χ0v) is 13.0. The van der Waals surface area contributed by atoms with E-state index in [2.05, 4.69) is 10.3 Å². The van der Waals surface area contributed by atoms with E-state index in [0.717, 1.165) is 30.7 Å². The summed E-state index contributed by atoms with van der Waals surface area (Å²) in [5.74, 6) is 1.14. The number of hydrogen-bond donors (Lipinski definition) is 1. The quantitative estimate of drug-likeness (QED) is 0.871. The first-order valence-electron chi connectivity index (χ1n) is 7.81. The molecule has 3 fully saturated rings. The highest BCUT2D eigenvalue weighted by atomic mass is 32.2. The molecule has 1 aliphatic carbocycles. The van der Waals surface area contributed by atoms with Gasteiger partial charge in [-0.05, 0) is 32.1 Å². The monoisotopic (exact) mass is 296 g/mol. The number of carbonyl (C=O) groups excluding carboxylic acids is 1. The van der Waals surface area contributed by atoms with Gasteiger partial charge in [-0.1, -0.05) is 31.0 Å². The highest BCUT2D eigenvalue weighted by Gasteiger charge is 2.49. The van der Waals surface area contributed by atoms with Crippen molar-refractivity contribution in [2.45, 2.75) is 50.2 Å². The summed E-state index contributed by atoms with van der Waals surface area (Å²) in [6.07, 6.45) is 7.62. The second kappa shape index (κ2) is 6.06. The van der Waals surface area contributed by atoms with E-state index < -0.39 is 0 Å². The van der Waals surface area contributed by atoms with Crippen molar-refractivity contribution in [3.63, 3.8) is 0 Å². The van der Waals surface area contributed by atoms with E-state index >= 15 is 0 Å². The highest BCUT2D eigenvalue weighted by Crippen LogP contribution is 2.41. The summed E-state index contributed by atoms with van der Waals surface area (Å²) in [6, 6.07) is 0. The van der Waals surface area contributed by atoms with E-state index in [9.17, 15) is 4.79 Å². The van der Waals surface area contributed by atoms with Gasteiger partial charge in [0.25, 0.3) is 0 Å². The molecule has 112 valence electrons. The molecule has 0 spiro atoms. The third-order valence-electron chi connectivity index (χ3n) is 4.91. The molecule has 0 aromatic rings. The molecule has 2 heterocycles. The number of amidine groups is 1. The molecule has 0 aromatic carbocycles. The number of nitrogens with one attached hydrogen (secondary N) is 1. The molecule has 2 aliphatic heterocycles. The summed E-state index contributed by atoms with van der Waals surface area (Å²) in [4.78, 5) is 16.9. The second-order valence-electron chi connectivity index (χ2n) is 6.37. The molecular formula is C15H24N2O2S. The molecule has 2 atom stereocenters. The van der Waals surface area contributed by atoms with Crippen LogP contribution in [0.25, 0.3) is 0 Å². The fourth-order valence-electron chi connectivity index (χ4n) is 3.39. The number of nitrogens with zero attached hydrogens (tertiary/aromatic N) is 1. The molecule has 3 aliphatic rings. The highest BCUT2D eigenvalue weighted by molar-refractivity contribution is 8.16. The maximum absolute atomic E-state index is 12.3. The number of ether oxygens (including phenoxy) is 1. The third-order valence-corrected chi connectivity index (χ3v) is 6.27. The maximum Gasteiger partial charge on any atom is 0.242 e. The predicted molar refractivity (Wildman–Crippen MR) is 81.9 cm³/mol. The fraction of sp³-hybridized carbons (Fsp3) is 0.867. The first-order valence-corrected chi connectivity index (χ1v) is 8.63. The van der Waals surface area contributed by atoms with Crippen molar-refractivity contribution in [3.8, 4) is 0 Å². The Morgan fingerprint density at radius 2 is 2.15 bits per heavy atom. The minimum Gasteiger partial charge on any atom is -0.381 e. The first-order chi connectivity index (χ1) is 9.68. The summed E-state index contributed by atoms with van der Waals surface area (Å²) in [6.45, 7) is 4.39. The molecule has 0 aromatic heterocycles. The van der Waals surface area contributed by atoms with Gasteiger partial charge >= 0.3 is 0 Å². The van der Waals surface area contributed by atoms with Crippen LogP contribution >= 0.6 is 11.8 Å². The molecule has 1 amide bonds. The largest absolute Gasteiger partial charge is 0.381 e. The van der Waals surface area contributed by atoms with Gasteiger partial charge in [-0.3, -0.25) is 9.79 Å². The number of hydrogen-bond acceptors (Lipinski definition) is 4. The van der Waals surface area contributed by atoms with Gasteiger partial charge in [-0.25, -0.2) is 0 Å². The molecule has 0 radical (unpaired) electrons. The summed E-state index contributed by atoms with van der Waals surface area (Å²) < 4.78 is 5.05. The molecule has 0 bridgehead atoms. The van der Waals surface area contributed by atoms with Gasteiger partial charge < -0.3 is 10.1 Å². The number of aliphatic imine (C=N–C) groups is 1. The Morgan fingerprint density at radius 3 is 2.85 bits per heavy atom. The maximum atomic E-state index is 12.3. The van der Waals surface area contributed by atoms with Crippen molar-refractivity contribution in [3.05, 3.63) is 0 Å². The molecule has 1 N–H and O–H groups in total.